The van der Waals surface area contributed by atoms with Gasteiger partial charge in [0, 0.05) is 17.9 Å². The lowest BCUT2D eigenvalue weighted by Gasteiger charge is -2.28. The standard InChI is InChI=1S/C26H24N4O5/c1-17-18(2)30(19-8-4-3-5-9-19)26(20(17)14-27)28-23(31)15-35-25(33)12-13-29-21-10-6-7-11-22(21)34-16-24(29)32/h3-11H,12-13,15-16H2,1-2H3,(H,28,31). The number of carbonyl (C=O) groups excluding carboxylic acids is 3. The van der Waals surface area contributed by atoms with Crippen molar-refractivity contribution in [3.05, 3.63) is 71.4 Å². The first-order chi connectivity index (χ1) is 16.9. The molecule has 1 aliphatic heterocycles. The molecule has 0 saturated carbocycles. The lowest BCUT2D eigenvalue weighted by molar-refractivity contribution is -0.147. The van der Waals surface area contributed by atoms with Gasteiger partial charge in [0.25, 0.3) is 11.8 Å². The van der Waals surface area contributed by atoms with E-state index in [0.29, 0.717) is 22.8 Å². The molecule has 3 aromatic rings. The molecule has 9 nitrogen and oxygen atoms in total. The summed E-state index contributed by atoms with van der Waals surface area (Å²) in [6.07, 6.45) is -0.0879. The first-order valence-electron chi connectivity index (χ1n) is 11.1. The predicted molar refractivity (Wildman–Crippen MR) is 128 cm³/mol. The number of rotatable bonds is 7. The Morgan fingerprint density at radius 3 is 2.57 bits per heavy atom. The summed E-state index contributed by atoms with van der Waals surface area (Å²) in [7, 11) is 0. The molecule has 2 heterocycles. The van der Waals surface area contributed by atoms with Crippen molar-refractivity contribution in [1.29, 1.82) is 5.26 Å². The molecule has 0 bridgehead atoms. The van der Waals surface area contributed by atoms with E-state index in [9.17, 15) is 19.6 Å². The number of carbonyl (C=O) groups is 3. The van der Waals surface area contributed by atoms with Crippen LogP contribution in [0.4, 0.5) is 11.5 Å². The van der Waals surface area contributed by atoms with Crippen LogP contribution in [0.5, 0.6) is 5.75 Å². The predicted octanol–water partition coefficient (Wildman–Crippen LogP) is 3.26. The summed E-state index contributed by atoms with van der Waals surface area (Å²) in [5.41, 5.74) is 3.29. The smallest absolute Gasteiger partial charge is 0.308 e. The topological polar surface area (TPSA) is 114 Å². The molecule has 4 rings (SSSR count). The van der Waals surface area contributed by atoms with Crippen LogP contribution in [-0.4, -0.2) is 42.1 Å². The number of nitrogens with zero attached hydrogens (tertiary/aromatic N) is 3. The van der Waals surface area contributed by atoms with E-state index >= 15 is 0 Å². The van der Waals surface area contributed by atoms with E-state index in [4.69, 9.17) is 9.47 Å². The number of esters is 1. The van der Waals surface area contributed by atoms with Crippen LogP contribution in [0.15, 0.2) is 54.6 Å². The number of nitriles is 1. The van der Waals surface area contributed by atoms with Crippen molar-refractivity contribution in [3.8, 4) is 17.5 Å². The summed E-state index contributed by atoms with van der Waals surface area (Å²) in [6.45, 7) is 3.16. The molecule has 1 N–H and O–H groups in total. The van der Waals surface area contributed by atoms with E-state index in [-0.39, 0.29) is 25.5 Å². The number of nitrogens with one attached hydrogen (secondary N) is 1. The fourth-order valence-corrected chi connectivity index (χ4v) is 3.95. The molecule has 0 radical (unpaired) electrons. The number of hydrogen-bond donors (Lipinski definition) is 1. The first-order valence-corrected chi connectivity index (χ1v) is 11.1. The van der Waals surface area contributed by atoms with E-state index in [1.54, 1.807) is 28.8 Å². The summed E-state index contributed by atoms with van der Waals surface area (Å²) >= 11 is 0. The van der Waals surface area contributed by atoms with Gasteiger partial charge in [-0.2, -0.15) is 5.26 Å². The lowest BCUT2D eigenvalue weighted by atomic mass is 10.2. The van der Waals surface area contributed by atoms with Gasteiger partial charge < -0.3 is 19.7 Å². The van der Waals surface area contributed by atoms with Gasteiger partial charge in [-0.05, 0) is 43.7 Å². The molecule has 0 spiro atoms. The van der Waals surface area contributed by atoms with Crippen molar-refractivity contribution in [3.63, 3.8) is 0 Å². The molecule has 0 aliphatic carbocycles. The Kier molecular flexibility index (Phi) is 6.83. The fourth-order valence-electron chi connectivity index (χ4n) is 3.95. The van der Waals surface area contributed by atoms with Gasteiger partial charge >= 0.3 is 5.97 Å². The van der Waals surface area contributed by atoms with Crippen molar-refractivity contribution in [2.45, 2.75) is 20.3 Å². The summed E-state index contributed by atoms with van der Waals surface area (Å²) in [5.74, 6) is -0.559. The van der Waals surface area contributed by atoms with Gasteiger partial charge in [0.2, 0.25) is 0 Å². The third-order valence-corrected chi connectivity index (χ3v) is 5.81. The maximum atomic E-state index is 12.6. The maximum Gasteiger partial charge on any atom is 0.308 e. The number of hydrogen-bond acceptors (Lipinski definition) is 6. The molecular weight excluding hydrogens is 448 g/mol. The molecule has 9 heteroatoms. The van der Waals surface area contributed by atoms with Crippen LogP contribution >= 0.6 is 0 Å². The average Bonchev–Trinajstić information content (AvgIpc) is 3.11. The molecule has 0 atom stereocenters. The largest absolute Gasteiger partial charge is 0.482 e. The Morgan fingerprint density at radius 2 is 1.83 bits per heavy atom. The lowest BCUT2D eigenvalue weighted by Crippen LogP contribution is -2.40. The zero-order chi connectivity index (χ0) is 24.9. The Bertz CT molecular complexity index is 1320. The van der Waals surface area contributed by atoms with Gasteiger partial charge in [-0.1, -0.05) is 30.3 Å². The molecule has 0 unspecified atom stereocenters. The zero-order valence-corrected chi connectivity index (χ0v) is 19.4. The highest BCUT2D eigenvalue weighted by Crippen LogP contribution is 2.32. The van der Waals surface area contributed by atoms with Crippen LogP contribution in [0.25, 0.3) is 5.69 Å². The van der Waals surface area contributed by atoms with E-state index in [1.165, 1.54) is 4.90 Å². The number of ether oxygens (including phenoxy) is 2. The minimum Gasteiger partial charge on any atom is -0.482 e. The molecule has 35 heavy (non-hydrogen) atoms. The van der Waals surface area contributed by atoms with Crippen molar-refractivity contribution < 1.29 is 23.9 Å². The van der Waals surface area contributed by atoms with E-state index < -0.39 is 18.5 Å². The molecule has 2 amide bonds. The highest BCUT2D eigenvalue weighted by atomic mass is 16.5. The maximum absolute atomic E-state index is 12.6. The van der Waals surface area contributed by atoms with Crippen LogP contribution in [0, 0.1) is 25.2 Å². The summed E-state index contributed by atoms with van der Waals surface area (Å²) in [5, 5.41) is 12.4. The molecule has 0 saturated heterocycles. The van der Waals surface area contributed by atoms with Crippen LogP contribution in [0.3, 0.4) is 0 Å². The van der Waals surface area contributed by atoms with Gasteiger partial charge in [-0.15, -0.1) is 0 Å². The number of amides is 2. The second-order valence-corrected chi connectivity index (χ2v) is 7.98. The Hall–Kier alpha value is -4.58. The number of para-hydroxylation sites is 3. The highest BCUT2D eigenvalue weighted by Gasteiger charge is 2.26. The minimum absolute atomic E-state index is 0.0879. The quantitative estimate of drug-likeness (QED) is 0.528. The summed E-state index contributed by atoms with van der Waals surface area (Å²) < 4.78 is 12.3. The zero-order valence-electron chi connectivity index (χ0n) is 19.4. The number of fused-ring (bicyclic) bond motifs is 1. The fraction of sp³-hybridized carbons (Fsp3) is 0.231. The summed E-state index contributed by atoms with van der Waals surface area (Å²) in [4.78, 5) is 38.6. The second-order valence-electron chi connectivity index (χ2n) is 7.98. The average molecular weight is 473 g/mol. The van der Waals surface area contributed by atoms with Crippen LogP contribution in [0.2, 0.25) is 0 Å². The Labute approximate surface area is 202 Å². The van der Waals surface area contributed by atoms with Crippen LogP contribution in [-0.2, 0) is 19.1 Å². The second kappa shape index (κ2) is 10.1. The van der Waals surface area contributed by atoms with Crippen molar-refractivity contribution in [2.75, 3.05) is 30.0 Å². The summed E-state index contributed by atoms with van der Waals surface area (Å²) in [6, 6.07) is 18.6. The van der Waals surface area contributed by atoms with E-state index in [2.05, 4.69) is 11.4 Å². The molecule has 178 valence electrons. The monoisotopic (exact) mass is 472 g/mol. The van der Waals surface area contributed by atoms with Gasteiger partial charge in [0.15, 0.2) is 13.2 Å². The van der Waals surface area contributed by atoms with Crippen molar-refractivity contribution >= 4 is 29.3 Å². The normalized spacial score (nSPS) is 12.4. The molecule has 0 fully saturated rings. The van der Waals surface area contributed by atoms with E-state index in [1.807, 2.05) is 44.2 Å². The number of anilines is 2. The van der Waals surface area contributed by atoms with Gasteiger partial charge in [0.1, 0.15) is 17.6 Å². The molecular formula is C26H24N4O5. The van der Waals surface area contributed by atoms with Gasteiger partial charge in [-0.25, -0.2) is 0 Å². The number of aromatic nitrogens is 1. The van der Waals surface area contributed by atoms with Gasteiger partial charge in [0.05, 0.1) is 17.7 Å². The van der Waals surface area contributed by atoms with Crippen molar-refractivity contribution in [2.24, 2.45) is 0 Å². The third kappa shape index (κ3) is 4.87. The van der Waals surface area contributed by atoms with Gasteiger partial charge in [-0.3, -0.25) is 19.0 Å². The number of benzene rings is 2. The molecule has 1 aliphatic rings. The van der Waals surface area contributed by atoms with Crippen LogP contribution in [0.1, 0.15) is 23.2 Å². The highest BCUT2D eigenvalue weighted by molar-refractivity contribution is 5.98. The first kappa shape index (κ1) is 23.6. The Balaban J connectivity index is 1.39. The van der Waals surface area contributed by atoms with E-state index in [0.717, 1.165) is 16.9 Å². The van der Waals surface area contributed by atoms with Crippen molar-refractivity contribution in [1.82, 2.24) is 4.57 Å². The minimum atomic E-state index is -0.622. The molecule has 1 aromatic heterocycles. The SMILES string of the molecule is Cc1c(C#N)c(NC(=O)COC(=O)CCN2C(=O)COc3ccccc32)n(-c2ccccc2)c1C. The van der Waals surface area contributed by atoms with Crippen LogP contribution < -0.4 is 15.0 Å². The third-order valence-electron chi connectivity index (χ3n) is 5.81. The Morgan fingerprint density at radius 1 is 1.11 bits per heavy atom. The molecule has 2 aromatic carbocycles.